The molecule has 154 valence electrons. The minimum atomic E-state index is -0.389. The summed E-state index contributed by atoms with van der Waals surface area (Å²) in [7, 11) is 1.67. The van der Waals surface area contributed by atoms with Gasteiger partial charge in [-0.1, -0.05) is 24.3 Å². The van der Waals surface area contributed by atoms with Crippen molar-refractivity contribution >= 4 is 28.3 Å². The van der Waals surface area contributed by atoms with E-state index < -0.39 is 0 Å². The van der Waals surface area contributed by atoms with Gasteiger partial charge in [0.25, 0.3) is 5.91 Å². The number of nitrogens with zero attached hydrogens (tertiary/aromatic N) is 5. The average molecular weight is 432 g/mol. The SMILES string of the molecule is CN(Cc1nc2ccccc2[nH]1)C(=O)c1nc(-c2cccs2)n(-c2cccc(F)c2)n1. The molecule has 0 spiro atoms. The van der Waals surface area contributed by atoms with Crippen molar-refractivity contribution in [2.24, 2.45) is 0 Å². The zero-order valence-electron chi connectivity index (χ0n) is 16.5. The van der Waals surface area contributed by atoms with Gasteiger partial charge in [-0.15, -0.1) is 16.4 Å². The first-order chi connectivity index (χ1) is 15.1. The van der Waals surface area contributed by atoms with Crippen molar-refractivity contribution in [1.82, 2.24) is 29.6 Å². The Bertz CT molecular complexity index is 1340. The number of fused-ring (bicyclic) bond motifs is 1. The first kappa shape index (κ1) is 19.1. The van der Waals surface area contributed by atoms with Crippen molar-refractivity contribution in [1.29, 1.82) is 0 Å². The fourth-order valence-corrected chi connectivity index (χ4v) is 4.00. The number of thiophene rings is 1. The van der Waals surface area contributed by atoms with E-state index in [1.165, 1.54) is 33.1 Å². The number of nitrogens with one attached hydrogen (secondary N) is 1. The van der Waals surface area contributed by atoms with Crippen molar-refractivity contribution < 1.29 is 9.18 Å². The number of hydrogen-bond acceptors (Lipinski definition) is 5. The lowest BCUT2D eigenvalue weighted by Crippen LogP contribution is -2.27. The lowest BCUT2D eigenvalue weighted by Gasteiger charge is -2.13. The number of carbonyl (C=O) groups is 1. The van der Waals surface area contributed by atoms with Crippen LogP contribution >= 0.6 is 11.3 Å². The molecule has 1 amide bonds. The molecule has 7 nitrogen and oxygen atoms in total. The van der Waals surface area contributed by atoms with Crippen molar-refractivity contribution in [3.63, 3.8) is 0 Å². The Kier molecular flexibility index (Phi) is 4.79. The quantitative estimate of drug-likeness (QED) is 0.450. The molecular formula is C22H17FN6OS. The number of imidazole rings is 1. The fourth-order valence-electron chi connectivity index (χ4n) is 3.30. The zero-order chi connectivity index (χ0) is 21.4. The molecule has 0 bridgehead atoms. The maximum atomic E-state index is 13.8. The molecule has 0 aliphatic carbocycles. The van der Waals surface area contributed by atoms with Crippen molar-refractivity contribution in [2.45, 2.75) is 6.54 Å². The number of aromatic nitrogens is 5. The van der Waals surface area contributed by atoms with Gasteiger partial charge in [0, 0.05) is 7.05 Å². The van der Waals surface area contributed by atoms with Crippen molar-refractivity contribution in [3.05, 3.63) is 83.5 Å². The molecule has 3 aromatic heterocycles. The first-order valence-corrected chi connectivity index (χ1v) is 10.4. The number of amides is 1. The van der Waals surface area contributed by atoms with Gasteiger partial charge in [-0.05, 0) is 41.8 Å². The summed E-state index contributed by atoms with van der Waals surface area (Å²) in [6, 6.07) is 17.5. The molecule has 0 fully saturated rings. The molecule has 0 aliphatic rings. The van der Waals surface area contributed by atoms with E-state index in [1.807, 2.05) is 41.8 Å². The molecule has 9 heteroatoms. The molecule has 0 saturated carbocycles. The number of carbonyl (C=O) groups excluding carboxylic acids is 1. The fraction of sp³-hybridized carbons (Fsp3) is 0.0909. The van der Waals surface area contributed by atoms with Gasteiger partial charge in [0.2, 0.25) is 5.82 Å². The number of para-hydroxylation sites is 2. The van der Waals surface area contributed by atoms with E-state index in [2.05, 4.69) is 20.1 Å². The average Bonchev–Trinajstić information content (AvgIpc) is 3.51. The molecule has 3 heterocycles. The minimum absolute atomic E-state index is 0.0336. The normalized spacial score (nSPS) is 11.2. The van der Waals surface area contributed by atoms with E-state index in [1.54, 1.807) is 19.2 Å². The van der Waals surface area contributed by atoms with E-state index in [4.69, 9.17) is 0 Å². The number of hydrogen-bond donors (Lipinski definition) is 1. The molecule has 0 saturated heterocycles. The molecule has 2 aromatic carbocycles. The van der Waals surface area contributed by atoms with Gasteiger partial charge in [0.1, 0.15) is 11.6 Å². The highest BCUT2D eigenvalue weighted by atomic mass is 32.1. The van der Waals surface area contributed by atoms with Crippen LogP contribution in [0.4, 0.5) is 4.39 Å². The summed E-state index contributed by atoms with van der Waals surface area (Å²) in [6.07, 6.45) is 0. The maximum Gasteiger partial charge on any atom is 0.293 e. The van der Waals surface area contributed by atoms with Gasteiger partial charge in [-0.2, -0.15) is 0 Å². The third-order valence-electron chi connectivity index (χ3n) is 4.76. The molecule has 0 unspecified atom stereocenters. The maximum absolute atomic E-state index is 13.8. The van der Waals surface area contributed by atoms with Crippen LogP contribution in [0.15, 0.2) is 66.0 Å². The predicted octanol–water partition coefficient (Wildman–Crippen LogP) is 4.28. The van der Waals surface area contributed by atoms with Crippen LogP contribution < -0.4 is 0 Å². The van der Waals surface area contributed by atoms with E-state index in [-0.39, 0.29) is 24.1 Å². The van der Waals surface area contributed by atoms with Crippen LogP contribution in [0.3, 0.4) is 0 Å². The van der Waals surface area contributed by atoms with Gasteiger partial charge < -0.3 is 9.88 Å². The summed E-state index contributed by atoms with van der Waals surface area (Å²) in [5, 5.41) is 6.32. The van der Waals surface area contributed by atoms with Crippen molar-refractivity contribution in [3.8, 4) is 16.4 Å². The molecule has 0 aliphatic heterocycles. The third kappa shape index (κ3) is 3.71. The van der Waals surface area contributed by atoms with Crippen LogP contribution in [-0.4, -0.2) is 42.6 Å². The van der Waals surface area contributed by atoms with Crippen LogP contribution in [0.25, 0.3) is 27.4 Å². The van der Waals surface area contributed by atoms with E-state index in [0.29, 0.717) is 17.3 Å². The Labute approximate surface area is 180 Å². The smallest absolute Gasteiger partial charge is 0.293 e. The third-order valence-corrected chi connectivity index (χ3v) is 5.63. The highest BCUT2D eigenvalue weighted by molar-refractivity contribution is 7.13. The van der Waals surface area contributed by atoms with Crippen LogP contribution in [0.5, 0.6) is 0 Å². The summed E-state index contributed by atoms with van der Waals surface area (Å²) >= 11 is 1.47. The lowest BCUT2D eigenvalue weighted by molar-refractivity contribution is 0.0770. The number of halogens is 1. The Morgan fingerprint density at radius 1 is 1.13 bits per heavy atom. The summed E-state index contributed by atoms with van der Waals surface area (Å²) in [6.45, 7) is 0.274. The molecule has 31 heavy (non-hydrogen) atoms. The minimum Gasteiger partial charge on any atom is -0.340 e. The first-order valence-electron chi connectivity index (χ1n) is 9.54. The highest BCUT2D eigenvalue weighted by Crippen LogP contribution is 2.26. The Morgan fingerprint density at radius 3 is 2.77 bits per heavy atom. The highest BCUT2D eigenvalue weighted by Gasteiger charge is 2.23. The summed E-state index contributed by atoms with van der Waals surface area (Å²) in [5.41, 5.74) is 2.24. The number of benzene rings is 2. The molecular weight excluding hydrogens is 415 g/mol. The summed E-state index contributed by atoms with van der Waals surface area (Å²) in [4.78, 5) is 27.6. The standard InChI is InChI=1S/C22H17FN6OS/c1-28(13-19-24-16-8-2-3-9-17(16)25-19)22(30)20-26-21(18-10-5-11-31-18)29(27-20)15-7-4-6-14(23)12-15/h2-12H,13H2,1H3,(H,24,25). The van der Waals surface area contributed by atoms with Crippen LogP contribution in [0.2, 0.25) is 0 Å². The Morgan fingerprint density at radius 2 is 2.00 bits per heavy atom. The second-order valence-corrected chi connectivity index (χ2v) is 7.94. The monoisotopic (exact) mass is 432 g/mol. The van der Waals surface area contributed by atoms with Gasteiger partial charge in [-0.3, -0.25) is 4.79 Å². The van der Waals surface area contributed by atoms with Gasteiger partial charge in [0.05, 0.1) is 28.1 Å². The molecule has 0 atom stereocenters. The predicted molar refractivity (Wildman–Crippen MR) is 117 cm³/mol. The van der Waals surface area contributed by atoms with E-state index in [9.17, 15) is 9.18 Å². The van der Waals surface area contributed by atoms with Gasteiger partial charge in [0.15, 0.2) is 5.82 Å². The summed E-state index contributed by atoms with van der Waals surface area (Å²) < 4.78 is 15.3. The van der Waals surface area contributed by atoms with E-state index >= 15 is 0 Å². The van der Waals surface area contributed by atoms with Gasteiger partial charge in [-0.25, -0.2) is 19.0 Å². The Hall–Kier alpha value is -3.85. The number of aromatic amines is 1. The number of rotatable bonds is 5. The molecule has 1 N–H and O–H groups in total. The van der Waals surface area contributed by atoms with E-state index in [0.717, 1.165) is 15.9 Å². The van der Waals surface area contributed by atoms with Crippen LogP contribution in [0, 0.1) is 5.82 Å². The molecule has 0 radical (unpaired) electrons. The largest absolute Gasteiger partial charge is 0.340 e. The van der Waals surface area contributed by atoms with Crippen LogP contribution in [0.1, 0.15) is 16.4 Å². The van der Waals surface area contributed by atoms with Gasteiger partial charge >= 0.3 is 0 Å². The topological polar surface area (TPSA) is 79.7 Å². The second kappa shape index (κ2) is 7.77. The summed E-state index contributed by atoms with van der Waals surface area (Å²) in [5.74, 6) is 0.445. The number of H-pyrrole nitrogens is 1. The lowest BCUT2D eigenvalue weighted by atomic mass is 10.3. The molecule has 5 rings (SSSR count). The second-order valence-electron chi connectivity index (χ2n) is 6.99. The zero-order valence-corrected chi connectivity index (χ0v) is 17.3. The molecule has 5 aromatic rings. The Balaban J connectivity index is 1.47. The van der Waals surface area contributed by atoms with Crippen molar-refractivity contribution in [2.75, 3.05) is 7.05 Å². The van der Waals surface area contributed by atoms with Crippen LogP contribution in [-0.2, 0) is 6.54 Å².